The molecule has 1 aromatic heterocycles. The van der Waals surface area contributed by atoms with Crippen LogP contribution in [0, 0.1) is 0 Å². The molecule has 1 saturated heterocycles. The highest BCUT2D eigenvalue weighted by molar-refractivity contribution is 6.39. The summed E-state index contributed by atoms with van der Waals surface area (Å²) in [5.41, 5.74) is 1.18. The summed E-state index contributed by atoms with van der Waals surface area (Å²) in [5, 5.41) is 8.49. The van der Waals surface area contributed by atoms with Crippen molar-refractivity contribution in [1.29, 1.82) is 0 Å². The number of ether oxygens (including phenoxy) is 1. The van der Waals surface area contributed by atoms with Gasteiger partial charge in [-0.2, -0.15) is 0 Å². The van der Waals surface area contributed by atoms with E-state index in [1.165, 1.54) is 17.9 Å². The summed E-state index contributed by atoms with van der Waals surface area (Å²) in [6, 6.07) is 11.6. The molecular formula is C18H22N4O4. The first-order chi connectivity index (χ1) is 12.7. The van der Waals surface area contributed by atoms with Gasteiger partial charge in [-0.3, -0.25) is 19.8 Å². The number of carbonyl (C=O) groups excluding carboxylic acids is 2. The molecule has 1 fully saturated rings. The summed E-state index contributed by atoms with van der Waals surface area (Å²) >= 11 is 0. The normalized spacial score (nSPS) is 17.6. The number of morpholine rings is 1. The van der Waals surface area contributed by atoms with E-state index in [1.54, 1.807) is 0 Å². The summed E-state index contributed by atoms with van der Waals surface area (Å²) in [7, 11) is 0. The third-order valence-electron chi connectivity index (χ3n) is 4.14. The fourth-order valence-electron chi connectivity index (χ4n) is 2.81. The second kappa shape index (κ2) is 9.12. The van der Waals surface area contributed by atoms with Gasteiger partial charge in [0, 0.05) is 32.2 Å². The van der Waals surface area contributed by atoms with E-state index in [9.17, 15) is 9.59 Å². The molecule has 0 spiro atoms. The molecule has 0 saturated carbocycles. The van der Waals surface area contributed by atoms with Crippen LogP contribution in [0.3, 0.4) is 0 Å². The fourth-order valence-corrected chi connectivity index (χ4v) is 2.81. The fraction of sp³-hybridized carbons (Fsp3) is 0.389. The van der Waals surface area contributed by atoms with Gasteiger partial charge in [-0.1, -0.05) is 35.5 Å². The number of nitrogens with zero attached hydrogens (tertiary/aromatic N) is 2. The summed E-state index contributed by atoms with van der Waals surface area (Å²) in [6.07, 6.45) is 2.15. The molecule has 1 aromatic carbocycles. The van der Waals surface area contributed by atoms with Crippen molar-refractivity contribution < 1.29 is 18.8 Å². The van der Waals surface area contributed by atoms with Crippen molar-refractivity contribution in [1.82, 2.24) is 15.4 Å². The number of rotatable bonds is 6. The predicted molar refractivity (Wildman–Crippen MR) is 94.3 cm³/mol. The van der Waals surface area contributed by atoms with Crippen molar-refractivity contribution in [3.8, 4) is 0 Å². The summed E-state index contributed by atoms with van der Waals surface area (Å²) in [4.78, 5) is 25.7. The molecule has 2 heterocycles. The van der Waals surface area contributed by atoms with Crippen molar-refractivity contribution in [2.75, 3.05) is 38.1 Å². The van der Waals surface area contributed by atoms with E-state index in [-0.39, 0.29) is 11.9 Å². The van der Waals surface area contributed by atoms with E-state index in [4.69, 9.17) is 4.74 Å². The largest absolute Gasteiger partial charge is 0.371 e. The average Bonchev–Trinajstić information content (AvgIpc) is 3.19. The zero-order chi connectivity index (χ0) is 18.2. The van der Waals surface area contributed by atoms with Crippen LogP contribution in [0.5, 0.6) is 0 Å². The van der Waals surface area contributed by atoms with Crippen LogP contribution >= 0.6 is 0 Å². The van der Waals surface area contributed by atoms with Crippen LogP contribution < -0.4 is 10.6 Å². The molecule has 1 aliphatic rings. The van der Waals surface area contributed by atoms with Gasteiger partial charge in [-0.25, -0.2) is 0 Å². The highest BCUT2D eigenvalue weighted by Gasteiger charge is 2.21. The highest BCUT2D eigenvalue weighted by atomic mass is 16.5. The molecule has 2 amide bonds. The Labute approximate surface area is 151 Å². The van der Waals surface area contributed by atoms with Crippen molar-refractivity contribution in [3.63, 3.8) is 0 Å². The van der Waals surface area contributed by atoms with Crippen molar-refractivity contribution in [3.05, 3.63) is 48.2 Å². The molecule has 0 radical (unpaired) electrons. The molecule has 138 valence electrons. The smallest absolute Gasteiger partial charge is 0.314 e. The van der Waals surface area contributed by atoms with Gasteiger partial charge in [-0.15, -0.1) is 0 Å². The second-order valence-electron chi connectivity index (χ2n) is 6.02. The van der Waals surface area contributed by atoms with Crippen LogP contribution in [0.1, 0.15) is 18.1 Å². The maximum atomic E-state index is 11.7. The first kappa shape index (κ1) is 18.1. The van der Waals surface area contributed by atoms with Gasteiger partial charge in [0.25, 0.3) is 0 Å². The Kier molecular flexibility index (Phi) is 6.34. The molecular weight excluding hydrogens is 336 g/mol. The third kappa shape index (κ3) is 5.14. The molecule has 8 nitrogen and oxygen atoms in total. The van der Waals surface area contributed by atoms with Gasteiger partial charge in [0.1, 0.15) is 6.26 Å². The summed E-state index contributed by atoms with van der Waals surface area (Å²) in [6.45, 7) is 3.64. The third-order valence-corrected chi connectivity index (χ3v) is 4.14. The average molecular weight is 358 g/mol. The second-order valence-corrected chi connectivity index (χ2v) is 6.02. The Balaban J connectivity index is 1.35. The van der Waals surface area contributed by atoms with E-state index in [0.29, 0.717) is 13.2 Å². The van der Waals surface area contributed by atoms with Crippen LogP contribution in [0.4, 0.5) is 5.82 Å². The highest BCUT2D eigenvalue weighted by Crippen LogP contribution is 2.21. The Morgan fingerprint density at radius 3 is 2.81 bits per heavy atom. The van der Waals surface area contributed by atoms with Gasteiger partial charge in [0.15, 0.2) is 5.82 Å². The van der Waals surface area contributed by atoms with Crippen LogP contribution in [-0.4, -0.2) is 54.7 Å². The first-order valence-electron chi connectivity index (χ1n) is 8.61. The predicted octanol–water partition coefficient (Wildman–Crippen LogP) is 1.19. The lowest BCUT2D eigenvalue weighted by atomic mass is 10.1. The molecule has 1 atom stereocenters. The number of amides is 2. The molecule has 1 unspecified atom stereocenters. The lowest BCUT2D eigenvalue weighted by Crippen LogP contribution is -2.41. The maximum Gasteiger partial charge on any atom is 0.314 e. The number of hydrogen-bond donors (Lipinski definition) is 2. The number of aromatic nitrogens is 1. The Morgan fingerprint density at radius 1 is 1.19 bits per heavy atom. The molecule has 2 N–H and O–H groups in total. The van der Waals surface area contributed by atoms with E-state index in [2.05, 4.69) is 37.3 Å². The minimum absolute atomic E-state index is 0.0766. The van der Waals surface area contributed by atoms with E-state index >= 15 is 0 Å². The van der Waals surface area contributed by atoms with Gasteiger partial charge in [0.2, 0.25) is 0 Å². The number of hydrogen-bond acceptors (Lipinski definition) is 6. The van der Waals surface area contributed by atoms with Crippen LogP contribution in [0.15, 0.2) is 47.2 Å². The lowest BCUT2D eigenvalue weighted by molar-refractivity contribution is -0.136. The Morgan fingerprint density at radius 2 is 2.04 bits per heavy atom. The van der Waals surface area contributed by atoms with Crippen LogP contribution in [-0.2, 0) is 14.3 Å². The minimum Gasteiger partial charge on any atom is -0.371 e. The van der Waals surface area contributed by atoms with Crippen molar-refractivity contribution in [2.24, 2.45) is 0 Å². The minimum atomic E-state index is -0.755. The molecule has 26 heavy (non-hydrogen) atoms. The molecule has 3 rings (SSSR count). The number of carbonyl (C=O) groups is 2. The quantitative estimate of drug-likeness (QED) is 0.595. The van der Waals surface area contributed by atoms with Gasteiger partial charge >= 0.3 is 11.8 Å². The van der Waals surface area contributed by atoms with E-state index in [1.807, 2.05) is 18.2 Å². The zero-order valence-corrected chi connectivity index (χ0v) is 14.4. The van der Waals surface area contributed by atoms with Gasteiger partial charge < -0.3 is 14.6 Å². The molecule has 2 aromatic rings. The summed E-state index contributed by atoms with van der Waals surface area (Å²) in [5.74, 6) is -1.23. The molecule has 8 heteroatoms. The van der Waals surface area contributed by atoms with Gasteiger partial charge in [-0.05, 0) is 12.0 Å². The number of nitrogens with one attached hydrogen (secondary N) is 2. The van der Waals surface area contributed by atoms with E-state index < -0.39 is 11.8 Å². The topological polar surface area (TPSA) is 96.7 Å². The van der Waals surface area contributed by atoms with E-state index in [0.717, 1.165) is 26.1 Å². The molecule has 0 bridgehead atoms. The Bertz CT molecular complexity index is 705. The Hall–Kier alpha value is -2.71. The molecule has 0 aliphatic carbocycles. The lowest BCUT2D eigenvalue weighted by Gasteiger charge is -2.33. The van der Waals surface area contributed by atoms with Crippen molar-refractivity contribution >= 4 is 17.6 Å². The first-order valence-corrected chi connectivity index (χ1v) is 8.61. The van der Waals surface area contributed by atoms with Gasteiger partial charge in [0.05, 0.1) is 12.7 Å². The monoisotopic (exact) mass is 358 g/mol. The SMILES string of the molecule is O=C(NCCCN1CCOC(c2ccccc2)C1)C(=O)Nc1ccon1. The zero-order valence-electron chi connectivity index (χ0n) is 14.4. The standard InChI is InChI=1S/C18H22N4O4/c23-17(18(24)20-16-7-11-26-21-16)19-8-4-9-22-10-12-25-15(13-22)14-5-2-1-3-6-14/h1-3,5-7,11,15H,4,8-10,12-13H2,(H,19,23)(H,20,21,24). The number of anilines is 1. The maximum absolute atomic E-state index is 11.7. The van der Waals surface area contributed by atoms with Crippen molar-refractivity contribution in [2.45, 2.75) is 12.5 Å². The van der Waals surface area contributed by atoms with Crippen LogP contribution in [0.25, 0.3) is 0 Å². The van der Waals surface area contributed by atoms with Crippen LogP contribution in [0.2, 0.25) is 0 Å². The molecule has 1 aliphatic heterocycles. The summed E-state index contributed by atoms with van der Waals surface area (Å²) < 4.78 is 10.4. The number of benzene rings is 1.